The fourth-order valence-electron chi connectivity index (χ4n) is 5.48. The summed E-state index contributed by atoms with van der Waals surface area (Å²) in [6.07, 6.45) is -0.966. The van der Waals surface area contributed by atoms with Crippen LogP contribution in [0.3, 0.4) is 0 Å². The van der Waals surface area contributed by atoms with E-state index in [1.807, 2.05) is 12.1 Å². The average Bonchev–Trinajstić information content (AvgIpc) is 2.86. The van der Waals surface area contributed by atoms with E-state index in [1.54, 1.807) is 13.0 Å². The summed E-state index contributed by atoms with van der Waals surface area (Å²) in [5.41, 5.74) is 0.407. The maximum Gasteiger partial charge on any atom is 0.316 e. The number of ether oxygens (including phenoxy) is 6. The Hall–Kier alpha value is -3.14. The summed E-state index contributed by atoms with van der Waals surface area (Å²) < 4.78 is 33.7. The molecule has 1 aromatic rings. The average molecular weight is 521 g/mol. The zero-order valence-electron chi connectivity index (χ0n) is 22.2. The molecule has 3 rings (SSSR count). The molecule has 1 aromatic carbocycles. The fourth-order valence-corrected chi connectivity index (χ4v) is 5.48. The minimum absolute atomic E-state index is 0.314. The Morgan fingerprint density at radius 3 is 1.95 bits per heavy atom. The maximum absolute atomic E-state index is 13.1. The van der Waals surface area contributed by atoms with Gasteiger partial charge in [-0.25, -0.2) is 0 Å². The van der Waals surface area contributed by atoms with E-state index in [0.29, 0.717) is 24.2 Å². The van der Waals surface area contributed by atoms with Crippen molar-refractivity contribution < 1.29 is 47.6 Å². The molecule has 1 aliphatic carbocycles. The van der Waals surface area contributed by atoms with Crippen LogP contribution in [-0.2, 0) is 48.3 Å². The summed E-state index contributed by atoms with van der Waals surface area (Å²) in [5, 5.41) is 0. The number of rotatable bonds is 7. The van der Waals surface area contributed by atoms with Crippen LogP contribution in [-0.4, -0.2) is 62.5 Å². The SMILES string of the molecule is COC(=O)C1(c2ccc(OC)c([C@H]3O[C@@H](C)[C@@H](OC(C)=O)[C@@H](OC(C)=O)[C@@H]3OC(C)=O)c2)CCCCC1. The third kappa shape index (κ3) is 6.06. The lowest BCUT2D eigenvalue weighted by atomic mass is 9.69. The second kappa shape index (κ2) is 11.9. The lowest BCUT2D eigenvalue weighted by molar-refractivity contribution is -0.245. The van der Waals surface area contributed by atoms with E-state index in [2.05, 4.69) is 0 Å². The first-order valence-corrected chi connectivity index (χ1v) is 12.5. The molecule has 1 heterocycles. The molecule has 5 atom stereocenters. The van der Waals surface area contributed by atoms with Gasteiger partial charge in [-0.3, -0.25) is 19.2 Å². The zero-order valence-corrected chi connectivity index (χ0v) is 22.2. The number of esters is 4. The van der Waals surface area contributed by atoms with E-state index < -0.39 is 53.8 Å². The van der Waals surface area contributed by atoms with Gasteiger partial charge in [0.15, 0.2) is 18.3 Å². The number of hydrogen-bond donors (Lipinski definition) is 0. The van der Waals surface area contributed by atoms with Gasteiger partial charge in [0.1, 0.15) is 11.9 Å². The standard InChI is InChI=1S/C27H36O10/c1-15-22(35-16(2)28)24(36-17(3)29)25(37-18(4)30)23(34-15)20-14-19(10-11-21(20)32-5)27(26(31)33-6)12-8-7-9-13-27/h10-11,14-15,22-25H,7-9,12-13H2,1-6H3/t15-,22+,23+,24+,25+/m0/s1. The normalized spacial score (nSPS) is 26.9. The van der Waals surface area contributed by atoms with E-state index in [-0.39, 0.29) is 5.97 Å². The van der Waals surface area contributed by atoms with Crippen molar-refractivity contribution in [2.75, 3.05) is 14.2 Å². The van der Waals surface area contributed by atoms with Crippen LogP contribution in [0.5, 0.6) is 5.75 Å². The predicted molar refractivity (Wildman–Crippen MR) is 130 cm³/mol. The fraction of sp³-hybridized carbons (Fsp3) is 0.630. The van der Waals surface area contributed by atoms with Gasteiger partial charge in [0, 0.05) is 26.3 Å². The molecule has 1 saturated carbocycles. The molecule has 10 heteroatoms. The number of benzene rings is 1. The molecule has 0 aromatic heterocycles. The Labute approximate surface area is 216 Å². The summed E-state index contributed by atoms with van der Waals surface area (Å²) >= 11 is 0. The van der Waals surface area contributed by atoms with Gasteiger partial charge < -0.3 is 28.4 Å². The van der Waals surface area contributed by atoms with Crippen molar-refractivity contribution in [1.29, 1.82) is 0 Å². The van der Waals surface area contributed by atoms with Gasteiger partial charge >= 0.3 is 23.9 Å². The Balaban J connectivity index is 2.16. The van der Waals surface area contributed by atoms with Crippen molar-refractivity contribution in [3.05, 3.63) is 29.3 Å². The summed E-state index contributed by atoms with van der Waals surface area (Å²) in [4.78, 5) is 49.1. The van der Waals surface area contributed by atoms with Crippen molar-refractivity contribution in [3.63, 3.8) is 0 Å². The predicted octanol–water partition coefficient (Wildman–Crippen LogP) is 3.33. The van der Waals surface area contributed by atoms with Gasteiger partial charge in [-0.2, -0.15) is 0 Å². The van der Waals surface area contributed by atoms with Crippen LogP contribution in [0.2, 0.25) is 0 Å². The highest BCUT2D eigenvalue weighted by molar-refractivity contribution is 5.83. The molecule has 1 saturated heterocycles. The van der Waals surface area contributed by atoms with E-state index in [9.17, 15) is 19.2 Å². The first-order chi connectivity index (χ1) is 17.5. The van der Waals surface area contributed by atoms with Crippen LogP contribution in [0.25, 0.3) is 0 Å². The second-order valence-electron chi connectivity index (χ2n) is 9.58. The molecule has 10 nitrogen and oxygen atoms in total. The van der Waals surface area contributed by atoms with Crippen molar-refractivity contribution in [1.82, 2.24) is 0 Å². The van der Waals surface area contributed by atoms with Crippen molar-refractivity contribution >= 4 is 23.9 Å². The Morgan fingerprint density at radius 2 is 1.41 bits per heavy atom. The van der Waals surface area contributed by atoms with E-state index in [4.69, 9.17) is 28.4 Å². The quantitative estimate of drug-likeness (QED) is 0.391. The lowest BCUT2D eigenvalue weighted by Crippen LogP contribution is -2.57. The molecule has 0 amide bonds. The number of carbonyl (C=O) groups is 4. The van der Waals surface area contributed by atoms with Gasteiger partial charge in [-0.05, 0) is 37.5 Å². The van der Waals surface area contributed by atoms with Crippen LogP contribution in [0, 0.1) is 0 Å². The van der Waals surface area contributed by atoms with Gasteiger partial charge in [0.25, 0.3) is 0 Å². The minimum atomic E-state index is -1.16. The van der Waals surface area contributed by atoms with Crippen LogP contribution < -0.4 is 4.74 Å². The highest BCUT2D eigenvalue weighted by atomic mass is 16.6. The first kappa shape index (κ1) is 28.4. The Morgan fingerprint density at radius 1 is 0.838 bits per heavy atom. The van der Waals surface area contributed by atoms with Crippen LogP contribution in [0.15, 0.2) is 18.2 Å². The molecule has 2 fully saturated rings. The van der Waals surface area contributed by atoms with Gasteiger partial charge in [0.05, 0.1) is 25.7 Å². The molecular weight excluding hydrogens is 484 g/mol. The zero-order chi connectivity index (χ0) is 27.3. The minimum Gasteiger partial charge on any atom is -0.496 e. The third-order valence-electron chi connectivity index (χ3n) is 7.05. The molecule has 0 bridgehead atoms. The van der Waals surface area contributed by atoms with Gasteiger partial charge in [-0.15, -0.1) is 0 Å². The summed E-state index contributed by atoms with van der Waals surface area (Å²) in [6, 6.07) is 5.39. The molecular formula is C27H36O10. The Bertz CT molecular complexity index is 1010. The molecule has 0 radical (unpaired) electrons. The molecule has 0 N–H and O–H groups in total. The highest BCUT2D eigenvalue weighted by Crippen LogP contribution is 2.45. The van der Waals surface area contributed by atoms with Crippen LogP contribution >= 0.6 is 0 Å². The Kier molecular flexibility index (Phi) is 9.17. The van der Waals surface area contributed by atoms with Gasteiger partial charge in [0.2, 0.25) is 0 Å². The molecule has 1 aliphatic heterocycles. The molecule has 0 unspecified atom stereocenters. The van der Waals surface area contributed by atoms with E-state index >= 15 is 0 Å². The van der Waals surface area contributed by atoms with E-state index in [1.165, 1.54) is 35.0 Å². The van der Waals surface area contributed by atoms with E-state index in [0.717, 1.165) is 24.8 Å². The third-order valence-corrected chi connectivity index (χ3v) is 7.05. The maximum atomic E-state index is 13.1. The molecule has 0 spiro atoms. The van der Waals surface area contributed by atoms with Crippen molar-refractivity contribution in [2.24, 2.45) is 0 Å². The second-order valence-corrected chi connectivity index (χ2v) is 9.58. The van der Waals surface area contributed by atoms with Crippen LogP contribution in [0.1, 0.15) is 77.0 Å². The molecule has 204 valence electrons. The number of methoxy groups -OCH3 is 2. The topological polar surface area (TPSA) is 124 Å². The first-order valence-electron chi connectivity index (χ1n) is 12.5. The summed E-state index contributed by atoms with van der Waals surface area (Å²) in [7, 11) is 2.87. The number of hydrogen-bond acceptors (Lipinski definition) is 10. The molecule has 37 heavy (non-hydrogen) atoms. The highest BCUT2D eigenvalue weighted by Gasteiger charge is 2.52. The smallest absolute Gasteiger partial charge is 0.316 e. The summed E-state index contributed by atoms with van der Waals surface area (Å²) in [5.74, 6) is -1.76. The van der Waals surface area contributed by atoms with Gasteiger partial charge in [-0.1, -0.05) is 25.3 Å². The van der Waals surface area contributed by atoms with Crippen LogP contribution in [0.4, 0.5) is 0 Å². The largest absolute Gasteiger partial charge is 0.496 e. The summed E-state index contributed by atoms with van der Waals surface area (Å²) in [6.45, 7) is 5.35. The number of carbonyl (C=O) groups excluding carboxylic acids is 4. The van der Waals surface area contributed by atoms with Crippen molar-refractivity contribution in [3.8, 4) is 5.75 Å². The monoisotopic (exact) mass is 520 g/mol. The molecule has 2 aliphatic rings. The van der Waals surface area contributed by atoms with Crippen molar-refractivity contribution in [2.45, 2.75) is 95.7 Å². The lowest BCUT2D eigenvalue weighted by Gasteiger charge is -2.44.